The molecule has 1 aromatic carbocycles. The molecular weight excluding hydrogens is 321 g/mol. The number of halogens is 1. The van der Waals surface area contributed by atoms with Crippen molar-refractivity contribution in [3.05, 3.63) is 35.6 Å². The number of amides is 1. The normalized spacial score (nSPS) is 33.9. The average Bonchev–Trinajstić information content (AvgIpc) is 2.53. The van der Waals surface area contributed by atoms with E-state index >= 15 is 0 Å². The Labute approximate surface area is 146 Å². The van der Waals surface area contributed by atoms with Gasteiger partial charge in [0.2, 0.25) is 5.91 Å². The maximum atomic E-state index is 13.2. The van der Waals surface area contributed by atoms with Crippen LogP contribution in [0.25, 0.3) is 0 Å². The second-order valence-electron chi connectivity index (χ2n) is 8.37. The number of rotatable bonds is 5. The molecule has 1 amide bonds. The molecule has 25 heavy (non-hydrogen) atoms. The van der Waals surface area contributed by atoms with Gasteiger partial charge in [0.15, 0.2) is 0 Å². The van der Waals surface area contributed by atoms with E-state index in [0.717, 1.165) is 19.3 Å². The zero-order valence-electron chi connectivity index (χ0n) is 14.2. The summed E-state index contributed by atoms with van der Waals surface area (Å²) in [6, 6.07) is 5.12. The summed E-state index contributed by atoms with van der Waals surface area (Å²) in [7, 11) is 0. The summed E-state index contributed by atoms with van der Waals surface area (Å²) in [5, 5.41) is 12.2. The minimum atomic E-state index is -0.972. The van der Waals surface area contributed by atoms with Crippen LogP contribution in [0.3, 0.4) is 0 Å². The summed E-state index contributed by atoms with van der Waals surface area (Å²) in [6.45, 7) is 0. The van der Waals surface area contributed by atoms with Crippen LogP contribution in [0.5, 0.6) is 0 Å². The molecule has 4 aliphatic rings. The van der Waals surface area contributed by atoms with E-state index in [9.17, 15) is 19.1 Å². The van der Waals surface area contributed by atoms with Crippen LogP contribution in [-0.2, 0) is 9.59 Å². The monoisotopic (exact) mass is 345 g/mol. The van der Waals surface area contributed by atoms with Gasteiger partial charge in [0.05, 0.1) is 12.5 Å². The molecule has 4 aliphatic carbocycles. The molecule has 5 heteroatoms. The first-order valence-electron chi connectivity index (χ1n) is 9.22. The lowest BCUT2D eigenvalue weighted by Gasteiger charge is -2.55. The molecule has 4 fully saturated rings. The van der Waals surface area contributed by atoms with Crippen LogP contribution in [-0.4, -0.2) is 17.0 Å². The molecule has 5 rings (SSSR count). The number of carboxylic acid groups (broad SMARTS) is 1. The predicted octanol–water partition coefficient (Wildman–Crippen LogP) is 3.67. The van der Waals surface area contributed by atoms with E-state index in [1.54, 1.807) is 12.1 Å². The molecule has 0 unspecified atom stereocenters. The molecule has 0 aromatic heterocycles. The fraction of sp³-hybridized carbons (Fsp3) is 0.600. The van der Waals surface area contributed by atoms with Gasteiger partial charge < -0.3 is 10.4 Å². The van der Waals surface area contributed by atoms with Gasteiger partial charge in [0.1, 0.15) is 5.82 Å². The van der Waals surface area contributed by atoms with Crippen molar-refractivity contribution in [3.8, 4) is 0 Å². The summed E-state index contributed by atoms with van der Waals surface area (Å²) in [4.78, 5) is 24.4. The lowest BCUT2D eigenvalue weighted by Crippen LogP contribution is -2.54. The summed E-state index contributed by atoms with van der Waals surface area (Å²) in [5.41, 5.74) is 0.327. The fourth-order valence-corrected chi connectivity index (χ4v) is 5.82. The number of benzene rings is 1. The molecule has 0 radical (unpaired) electrons. The van der Waals surface area contributed by atoms with Crippen molar-refractivity contribution in [2.24, 2.45) is 23.2 Å². The minimum absolute atomic E-state index is 0.00201. The molecule has 0 spiro atoms. The Morgan fingerprint density at radius 2 is 1.60 bits per heavy atom. The van der Waals surface area contributed by atoms with Crippen molar-refractivity contribution in [3.63, 3.8) is 0 Å². The zero-order valence-corrected chi connectivity index (χ0v) is 14.2. The lowest BCUT2D eigenvalue weighted by molar-refractivity contribution is -0.147. The first-order chi connectivity index (χ1) is 11.9. The standard InChI is InChI=1S/C20H24FNO3/c21-16-3-1-15(2-4-16)17(8-18(23)24)22-19(25)20-9-12-5-13(10-20)7-14(6-12)11-20/h1-4,12-14,17H,5-11H2,(H,22,25)(H,23,24)/t12?,13?,14?,17-,20?/m0/s1. The van der Waals surface area contributed by atoms with Gasteiger partial charge in [-0.3, -0.25) is 9.59 Å². The predicted molar refractivity (Wildman–Crippen MR) is 90.1 cm³/mol. The van der Waals surface area contributed by atoms with Crippen LogP contribution in [0.4, 0.5) is 4.39 Å². The highest BCUT2D eigenvalue weighted by atomic mass is 19.1. The number of aliphatic carboxylic acids is 1. The second-order valence-corrected chi connectivity index (χ2v) is 8.37. The van der Waals surface area contributed by atoms with Crippen LogP contribution < -0.4 is 5.32 Å². The number of carboxylic acids is 1. The Bertz CT molecular complexity index is 649. The zero-order chi connectivity index (χ0) is 17.6. The lowest BCUT2D eigenvalue weighted by atomic mass is 9.49. The third kappa shape index (κ3) is 3.16. The van der Waals surface area contributed by atoms with E-state index in [-0.39, 0.29) is 23.6 Å². The molecule has 1 atom stereocenters. The molecule has 0 saturated heterocycles. The van der Waals surface area contributed by atoms with Gasteiger partial charge in [-0.25, -0.2) is 4.39 Å². The van der Waals surface area contributed by atoms with Crippen molar-refractivity contribution in [2.45, 2.75) is 51.0 Å². The second kappa shape index (κ2) is 6.11. The highest BCUT2D eigenvalue weighted by Gasteiger charge is 2.54. The smallest absolute Gasteiger partial charge is 0.305 e. The van der Waals surface area contributed by atoms with Crippen molar-refractivity contribution in [2.75, 3.05) is 0 Å². The van der Waals surface area contributed by atoms with E-state index in [1.165, 1.54) is 31.4 Å². The summed E-state index contributed by atoms with van der Waals surface area (Å²) in [6.07, 6.45) is 6.38. The molecule has 0 aliphatic heterocycles. The van der Waals surface area contributed by atoms with Crippen molar-refractivity contribution < 1.29 is 19.1 Å². The highest BCUT2D eigenvalue weighted by Crippen LogP contribution is 2.60. The Hall–Kier alpha value is -1.91. The summed E-state index contributed by atoms with van der Waals surface area (Å²) < 4.78 is 13.2. The number of carbonyl (C=O) groups excluding carboxylic acids is 1. The number of hydrogen-bond donors (Lipinski definition) is 2. The van der Waals surface area contributed by atoms with Crippen LogP contribution in [0.15, 0.2) is 24.3 Å². The van der Waals surface area contributed by atoms with E-state index in [2.05, 4.69) is 5.32 Å². The van der Waals surface area contributed by atoms with Crippen LogP contribution in [0.1, 0.15) is 56.6 Å². The van der Waals surface area contributed by atoms with Gasteiger partial charge in [-0.2, -0.15) is 0 Å². The van der Waals surface area contributed by atoms with Crippen molar-refractivity contribution in [1.82, 2.24) is 5.32 Å². The summed E-state index contributed by atoms with van der Waals surface area (Å²) >= 11 is 0. The van der Waals surface area contributed by atoms with Crippen LogP contribution in [0, 0.1) is 29.0 Å². The number of hydrogen-bond acceptors (Lipinski definition) is 2. The maximum Gasteiger partial charge on any atom is 0.305 e. The van der Waals surface area contributed by atoms with Crippen LogP contribution >= 0.6 is 0 Å². The van der Waals surface area contributed by atoms with E-state index in [1.807, 2.05) is 0 Å². The maximum absolute atomic E-state index is 13.2. The largest absolute Gasteiger partial charge is 0.481 e. The molecule has 2 N–H and O–H groups in total. The number of carbonyl (C=O) groups is 2. The van der Waals surface area contributed by atoms with Gasteiger partial charge in [-0.05, 0) is 74.0 Å². The third-order valence-corrected chi connectivity index (χ3v) is 6.48. The van der Waals surface area contributed by atoms with Crippen molar-refractivity contribution in [1.29, 1.82) is 0 Å². The number of nitrogens with one attached hydrogen (secondary N) is 1. The Morgan fingerprint density at radius 3 is 2.08 bits per heavy atom. The third-order valence-electron chi connectivity index (χ3n) is 6.48. The fourth-order valence-electron chi connectivity index (χ4n) is 5.82. The highest BCUT2D eigenvalue weighted by molar-refractivity contribution is 5.84. The topological polar surface area (TPSA) is 66.4 Å². The average molecular weight is 345 g/mol. The minimum Gasteiger partial charge on any atom is -0.481 e. The Balaban J connectivity index is 1.54. The van der Waals surface area contributed by atoms with Gasteiger partial charge in [0.25, 0.3) is 0 Å². The van der Waals surface area contributed by atoms with Gasteiger partial charge >= 0.3 is 5.97 Å². The van der Waals surface area contributed by atoms with E-state index < -0.39 is 12.0 Å². The van der Waals surface area contributed by atoms with E-state index in [4.69, 9.17) is 0 Å². The molecule has 134 valence electrons. The van der Waals surface area contributed by atoms with Crippen molar-refractivity contribution >= 4 is 11.9 Å². The molecule has 1 aromatic rings. The first-order valence-corrected chi connectivity index (χ1v) is 9.22. The molecule has 4 nitrogen and oxygen atoms in total. The van der Waals surface area contributed by atoms with E-state index in [0.29, 0.717) is 23.3 Å². The molecular formula is C20H24FNO3. The molecule has 0 heterocycles. The quantitative estimate of drug-likeness (QED) is 0.855. The van der Waals surface area contributed by atoms with Crippen LogP contribution in [0.2, 0.25) is 0 Å². The molecule has 4 saturated carbocycles. The summed E-state index contributed by atoms with van der Waals surface area (Å²) in [5.74, 6) is 0.620. The van der Waals surface area contributed by atoms with Gasteiger partial charge in [-0.15, -0.1) is 0 Å². The van der Waals surface area contributed by atoms with Gasteiger partial charge in [-0.1, -0.05) is 12.1 Å². The van der Waals surface area contributed by atoms with Gasteiger partial charge in [0, 0.05) is 5.41 Å². The first kappa shape index (κ1) is 16.6. The SMILES string of the molecule is O=C(O)C[C@H](NC(=O)C12CC3CC(CC(C3)C1)C2)c1ccc(F)cc1. The Kier molecular flexibility index (Phi) is 4.05. The Morgan fingerprint density at radius 1 is 1.08 bits per heavy atom. The molecule has 4 bridgehead atoms.